The number of carbonyl (C=O) groups excluding carboxylic acids is 4. The molecule has 0 bridgehead atoms. The van der Waals surface area contributed by atoms with Gasteiger partial charge in [0.2, 0.25) is 5.91 Å². The molecule has 0 saturated carbocycles. The molecule has 2 aliphatic rings. The van der Waals surface area contributed by atoms with Crippen molar-refractivity contribution in [2.24, 2.45) is 5.92 Å². The Hall–Kier alpha value is -4.27. The molecule has 178 valence electrons. The lowest BCUT2D eigenvalue weighted by Crippen LogP contribution is -2.41. The molecule has 1 N–H and O–H groups in total. The monoisotopic (exact) mass is 472 g/mol. The van der Waals surface area contributed by atoms with E-state index in [1.54, 1.807) is 66.4 Å². The van der Waals surface area contributed by atoms with E-state index >= 15 is 0 Å². The third-order valence-electron chi connectivity index (χ3n) is 6.43. The number of rotatable bonds is 5. The molecule has 3 aromatic rings. The van der Waals surface area contributed by atoms with E-state index in [2.05, 4.69) is 10.5 Å². The second kappa shape index (κ2) is 9.17. The van der Waals surface area contributed by atoms with Gasteiger partial charge in [-0.05, 0) is 49.6 Å². The summed E-state index contributed by atoms with van der Waals surface area (Å²) in [6, 6.07) is 15.4. The minimum absolute atomic E-state index is 0.0945. The van der Waals surface area contributed by atoms with Gasteiger partial charge in [-0.3, -0.25) is 24.1 Å². The number of amides is 4. The van der Waals surface area contributed by atoms with E-state index < -0.39 is 0 Å². The summed E-state index contributed by atoms with van der Waals surface area (Å²) in [5.74, 6) is -0.136. The lowest BCUT2D eigenvalue weighted by Gasteiger charge is -2.31. The fourth-order valence-electron chi connectivity index (χ4n) is 4.55. The third-order valence-corrected chi connectivity index (χ3v) is 6.43. The minimum Gasteiger partial charge on any atom is -0.360 e. The van der Waals surface area contributed by atoms with E-state index in [1.165, 1.54) is 4.90 Å². The van der Waals surface area contributed by atoms with Crippen molar-refractivity contribution in [1.82, 2.24) is 15.0 Å². The number of carbonyl (C=O) groups is 4. The Labute approximate surface area is 201 Å². The molecule has 9 heteroatoms. The summed E-state index contributed by atoms with van der Waals surface area (Å²) in [7, 11) is 0. The van der Waals surface area contributed by atoms with E-state index in [0.29, 0.717) is 59.8 Å². The number of hydrogen-bond acceptors (Lipinski definition) is 6. The minimum atomic E-state index is -0.330. The molecular formula is C26H24N4O5. The number of fused-ring (bicyclic) bond motifs is 1. The van der Waals surface area contributed by atoms with E-state index in [0.717, 1.165) is 0 Å². The summed E-state index contributed by atoms with van der Waals surface area (Å²) in [5, 5.41) is 6.54. The molecule has 3 heterocycles. The number of aromatic nitrogens is 1. The maximum absolute atomic E-state index is 13.1. The quantitative estimate of drug-likeness (QED) is 0.571. The zero-order valence-electron chi connectivity index (χ0n) is 19.2. The molecule has 1 aromatic heterocycles. The predicted molar refractivity (Wildman–Crippen MR) is 126 cm³/mol. The van der Waals surface area contributed by atoms with Gasteiger partial charge >= 0.3 is 0 Å². The van der Waals surface area contributed by atoms with Crippen LogP contribution in [0.25, 0.3) is 0 Å². The van der Waals surface area contributed by atoms with Gasteiger partial charge in [0.15, 0.2) is 5.82 Å². The molecule has 5 rings (SSSR count). The fourth-order valence-corrected chi connectivity index (χ4v) is 4.55. The Morgan fingerprint density at radius 3 is 2.31 bits per heavy atom. The topological polar surface area (TPSA) is 113 Å². The SMILES string of the molecule is Cc1cc(NC(=O)C2CCN(C(=O)c3cccc(CN4C(=O)c5ccccc5C4=O)c3)CC2)no1. The van der Waals surface area contributed by atoms with Crippen molar-refractivity contribution >= 4 is 29.4 Å². The molecule has 1 saturated heterocycles. The molecule has 0 unspecified atom stereocenters. The van der Waals surface area contributed by atoms with Gasteiger partial charge in [-0.2, -0.15) is 0 Å². The van der Waals surface area contributed by atoms with Crippen LogP contribution in [0.1, 0.15) is 55.2 Å². The van der Waals surface area contributed by atoms with Gasteiger partial charge in [-0.25, -0.2) is 0 Å². The Bertz CT molecular complexity index is 1290. The van der Waals surface area contributed by atoms with Crippen molar-refractivity contribution in [3.05, 3.63) is 82.6 Å². The first-order chi connectivity index (χ1) is 16.9. The molecule has 1 fully saturated rings. The van der Waals surface area contributed by atoms with Gasteiger partial charge in [-0.1, -0.05) is 29.4 Å². The Kier molecular flexibility index (Phi) is 5.90. The molecular weight excluding hydrogens is 448 g/mol. The van der Waals surface area contributed by atoms with Crippen LogP contribution in [-0.4, -0.2) is 51.7 Å². The highest BCUT2D eigenvalue weighted by Gasteiger charge is 2.35. The van der Waals surface area contributed by atoms with Crippen molar-refractivity contribution in [3.8, 4) is 0 Å². The molecule has 2 aromatic carbocycles. The lowest BCUT2D eigenvalue weighted by atomic mass is 9.95. The standard InChI is InChI=1S/C26H24N4O5/c1-16-13-22(28-35-16)27-23(31)18-9-11-29(12-10-18)24(32)19-6-4-5-17(14-19)15-30-25(33)20-7-2-3-8-21(20)26(30)34/h2-8,13-14,18H,9-12,15H2,1H3,(H,27,28,31). The summed E-state index contributed by atoms with van der Waals surface area (Å²) in [6.45, 7) is 2.76. The van der Waals surface area contributed by atoms with Gasteiger partial charge in [0.25, 0.3) is 17.7 Å². The first-order valence-corrected chi connectivity index (χ1v) is 11.5. The van der Waals surface area contributed by atoms with Crippen LogP contribution in [-0.2, 0) is 11.3 Å². The lowest BCUT2D eigenvalue weighted by molar-refractivity contribution is -0.121. The van der Waals surface area contributed by atoms with Crippen molar-refractivity contribution in [1.29, 1.82) is 0 Å². The van der Waals surface area contributed by atoms with Crippen molar-refractivity contribution in [2.75, 3.05) is 18.4 Å². The Morgan fingerprint density at radius 1 is 1.00 bits per heavy atom. The predicted octanol–water partition coefficient (Wildman–Crippen LogP) is 3.27. The summed E-state index contributed by atoms with van der Waals surface area (Å²) in [6.07, 6.45) is 1.09. The summed E-state index contributed by atoms with van der Waals surface area (Å²) >= 11 is 0. The molecule has 0 radical (unpaired) electrons. The van der Waals surface area contributed by atoms with E-state index in [4.69, 9.17) is 4.52 Å². The smallest absolute Gasteiger partial charge is 0.261 e. The van der Waals surface area contributed by atoms with Crippen LogP contribution in [0.2, 0.25) is 0 Å². The second-order valence-electron chi connectivity index (χ2n) is 8.82. The Morgan fingerprint density at radius 2 is 1.69 bits per heavy atom. The number of likely N-dealkylation sites (tertiary alicyclic amines) is 1. The highest BCUT2D eigenvalue weighted by atomic mass is 16.5. The number of imide groups is 1. The normalized spacial score (nSPS) is 15.9. The highest BCUT2D eigenvalue weighted by molar-refractivity contribution is 6.21. The maximum Gasteiger partial charge on any atom is 0.261 e. The molecule has 0 aliphatic carbocycles. The second-order valence-corrected chi connectivity index (χ2v) is 8.82. The number of nitrogens with zero attached hydrogens (tertiary/aromatic N) is 3. The molecule has 35 heavy (non-hydrogen) atoms. The summed E-state index contributed by atoms with van der Waals surface area (Å²) in [5.41, 5.74) is 1.98. The molecule has 0 atom stereocenters. The van der Waals surface area contributed by atoms with Crippen LogP contribution >= 0.6 is 0 Å². The van der Waals surface area contributed by atoms with Gasteiger partial charge < -0.3 is 14.7 Å². The number of aryl methyl sites for hydroxylation is 1. The average Bonchev–Trinajstić information content (AvgIpc) is 3.40. The number of hydrogen-bond donors (Lipinski definition) is 1. The molecule has 0 spiro atoms. The largest absolute Gasteiger partial charge is 0.360 e. The van der Waals surface area contributed by atoms with Crippen molar-refractivity contribution in [3.63, 3.8) is 0 Å². The van der Waals surface area contributed by atoms with Crippen LogP contribution in [0.4, 0.5) is 5.82 Å². The molecule has 2 aliphatic heterocycles. The van der Waals surface area contributed by atoms with Crippen LogP contribution in [0.5, 0.6) is 0 Å². The zero-order valence-corrected chi connectivity index (χ0v) is 19.2. The van der Waals surface area contributed by atoms with Gasteiger partial charge in [0.05, 0.1) is 17.7 Å². The van der Waals surface area contributed by atoms with Crippen LogP contribution in [0, 0.1) is 12.8 Å². The fraction of sp³-hybridized carbons (Fsp3) is 0.269. The van der Waals surface area contributed by atoms with Crippen LogP contribution in [0.15, 0.2) is 59.1 Å². The molecule has 9 nitrogen and oxygen atoms in total. The van der Waals surface area contributed by atoms with Crippen LogP contribution < -0.4 is 5.32 Å². The first-order valence-electron chi connectivity index (χ1n) is 11.5. The van der Waals surface area contributed by atoms with Gasteiger partial charge in [-0.15, -0.1) is 0 Å². The van der Waals surface area contributed by atoms with E-state index in [9.17, 15) is 19.2 Å². The van der Waals surface area contributed by atoms with Crippen molar-refractivity contribution in [2.45, 2.75) is 26.3 Å². The average molecular weight is 473 g/mol. The summed E-state index contributed by atoms with van der Waals surface area (Å²) in [4.78, 5) is 53.9. The van der Waals surface area contributed by atoms with E-state index in [-0.39, 0.29) is 36.1 Å². The highest BCUT2D eigenvalue weighted by Crippen LogP contribution is 2.25. The number of piperidine rings is 1. The maximum atomic E-state index is 13.1. The number of nitrogens with one attached hydrogen (secondary N) is 1. The molecule has 4 amide bonds. The van der Waals surface area contributed by atoms with Gasteiger partial charge in [0.1, 0.15) is 5.76 Å². The van der Waals surface area contributed by atoms with Crippen LogP contribution in [0.3, 0.4) is 0 Å². The summed E-state index contributed by atoms with van der Waals surface area (Å²) < 4.78 is 4.97. The van der Waals surface area contributed by atoms with E-state index in [1.807, 2.05) is 0 Å². The van der Waals surface area contributed by atoms with Crippen molar-refractivity contribution < 1.29 is 23.7 Å². The number of benzene rings is 2. The zero-order chi connectivity index (χ0) is 24.5. The third kappa shape index (κ3) is 4.44. The Balaban J connectivity index is 1.20. The number of anilines is 1. The first kappa shape index (κ1) is 22.5. The van der Waals surface area contributed by atoms with Gasteiger partial charge in [0, 0.05) is 30.6 Å².